The second-order valence-corrected chi connectivity index (χ2v) is 4.17. The highest BCUT2D eigenvalue weighted by Gasteiger charge is 2.18. The molecule has 1 amide bonds. The molecule has 0 aliphatic carbocycles. The van der Waals surface area contributed by atoms with Crippen LogP contribution in [-0.4, -0.2) is 18.5 Å². The molecule has 1 fully saturated rings. The van der Waals surface area contributed by atoms with Gasteiger partial charge in [-0.25, -0.2) is 8.78 Å². The largest absolute Gasteiger partial charge is 0.323 e. The summed E-state index contributed by atoms with van der Waals surface area (Å²) in [7, 11) is 0. The third kappa shape index (κ3) is 3.23. The van der Waals surface area contributed by atoms with E-state index in [0.29, 0.717) is 0 Å². The second-order valence-electron chi connectivity index (χ2n) is 4.17. The van der Waals surface area contributed by atoms with Crippen LogP contribution in [0, 0.1) is 11.6 Å². The number of hydrogen-bond acceptors (Lipinski definition) is 2. The number of nitrogens with one attached hydrogen (secondary N) is 2. The lowest BCUT2D eigenvalue weighted by molar-refractivity contribution is -0.116. The first kappa shape index (κ1) is 12.0. The molecule has 0 bridgehead atoms. The van der Waals surface area contributed by atoms with E-state index in [1.165, 1.54) is 0 Å². The second kappa shape index (κ2) is 5.23. The minimum absolute atomic E-state index is 0.104. The predicted octanol–water partition coefficient (Wildman–Crippen LogP) is 2.05. The Labute approximate surface area is 98.2 Å². The van der Waals surface area contributed by atoms with Gasteiger partial charge in [0.05, 0.1) is 5.69 Å². The molecule has 1 heterocycles. The zero-order chi connectivity index (χ0) is 12.3. The highest BCUT2D eigenvalue weighted by atomic mass is 19.1. The van der Waals surface area contributed by atoms with E-state index in [4.69, 9.17) is 0 Å². The minimum Gasteiger partial charge on any atom is -0.323 e. The van der Waals surface area contributed by atoms with Gasteiger partial charge in [0.25, 0.3) is 0 Å². The molecule has 1 atom stereocenters. The first-order valence-corrected chi connectivity index (χ1v) is 5.63. The van der Waals surface area contributed by atoms with Crippen LogP contribution in [-0.2, 0) is 4.79 Å². The smallest absolute Gasteiger partial charge is 0.226 e. The molecule has 0 spiro atoms. The minimum atomic E-state index is -0.626. The van der Waals surface area contributed by atoms with Crippen molar-refractivity contribution in [2.45, 2.75) is 25.3 Å². The van der Waals surface area contributed by atoms with Gasteiger partial charge in [0.1, 0.15) is 11.6 Å². The first-order chi connectivity index (χ1) is 8.15. The molecule has 1 aliphatic heterocycles. The van der Waals surface area contributed by atoms with Crippen LogP contribution in [0.15, 0.2) is 18.2 Å². The quantitative estimate of drug-likeness (QED) is 0.849. The third-order valence-corrected chi connectivity index (χ3v) is 2.80. The fourth-order valence-corrected chi connectivity index (χ4v) is 1.95. The molecule has 1 aromatic carbocycles. The Kier molecular flexibility index (Phi) is 3.68. The summed E-state index contributed by atoms with van der Waals surface area (Å²) in [5, 5.41) is 5.55. The van der Waals surface area contributed by atoms with E-state index in [1.54, 1.807) is 0 Å². The Hall–Kier alpha value is -1.49. The highest BCUT2D eigenvalue weighted by Crippen LogP contribution is 2.16. The van der Waals surface area contributed by atoms with E-state index in [-0.39, 0.29) is 24.1 Å². The van der Waals surface area contributed by atoms with Crippen LogP contribution < -0.4 is 10.6 Å². The molecule has 2 rings (SSSR count). The Morgan fingerprint density at radius 1 is 1.47 bits per heavy atom. The van der Waals surface area contributed by atoms with Crippen LogP contribution in [0.25, 0.3) is 0 Å². The lowest BCUT2D eigenvalue weighted by Gasteiger charge is -2.10. The molecule has 17 heavy (non-hydrogen) atoms. The molecular weight excluding hydrogens is 226 g/mol. The molecular formula is C12H14F2N2O. The van der Waals surface area contributed by atoms with E-state index >= 15 is 0 Å². The van der Waals surface area contributed by atoms with Crippen molar-refractivity contribution >= 4 is 11.6 Å². The average molecular weight is 240 g/mol. The van der Waals surface area contributed by atoms with Crippen molar-refractivity contribution in [2.75, 3.05) is 11.9 Å². The lowest BCUT2D eigenvalue weighted by Crippen LogP contribution is -2.27. The van der Waals surface area contributed by atoms with Crippen LogP contribution in [0.1, 0.15) is 19.3 Å². The normalized spacial score (nSPS) is 19.3. The number of rotatable bonds is 3. The molecule has 1 aromatic rings. The van der Waals surface area contributed by atoms with Crippen molar-refractivity contribution < 1.29 is 13.6 Å². The van der Waals surface area contributed by atoms with Crippen molar-refractivity contribution in [3.63, 3.8) is 0 Å². The number of amides is 1. The molecule has 0 saturated carbocycles. The van der Waals surface area contributed by atoms with Crippen LogP contribution in [0.2, 0.25) is 0 Å². The van der Waals surface area contributed by atoms with Crippen molar-refractivity contribution in [2.24, 2.45) is 0 Å². The topological polar surface area (TPSA) is 41.1 Å². The molecule has 1 unspecified atom stereocenters. The highest BCUT2D eigenvalue weighted by molar-refractivity contribution is 5.91. The Bertz CT molecular complexity index is 417. The number of halogens is 2. The van der Waals surface area contributed by atoms with Gasteiger partial charge >= 0.3 is 0 Å². The maximum Gasteiger partial charge on any atom is 0.226 e. The van der Waals surface area contributed by atoms with Crippen LogP contribution in [0.4, 0.5) is 14.5 Å². The molecule has 2 N–H and O–H groups in total. The van der Waals surface area contributed by atoms with Gasteiger partial charge in [-0.3, -0.25) is 4.79 Å². The Morgan fingerprint density at radius 3 is 3.00 bits per heavy atom. The van der Waals surface area contributed by atoms with Gasteiger partial charge in [0.2, 0.25) is 5.91 Å². The zero-order valence-corrected chi connectivity index (χ0v) is 9.30. The number of carbonyl (C=O) groups is 1. The van der Waals surface area contributed by atoms with E-state index in [1.807, 2.05) is 0 Å². The van der Waals surface area contributed by atoms with Gasteiger partial charge < -0.3 is 10.6 Å². The molecule has 3 nitrogen and oxygen atoms in total. The van der Waals surface area contributed by atoms with Gasteiger partial charge in [-0.2, -0.15) is 0 Å². The number of anilines is 1. The van der Waals surface area contributed by atoms with Gasteiger partial charge in [0.15, 0.2) is 0 Å². The number of hydrogen-bond donors (Lipinski definition) is 2. The standard InChI is InChI=1S/C12H14F2N2O/c13-8-3-4-10(14)11(6-8)16-12(17)7-9-2-1-5-15-9/h3-4,6,9,15H,1-2,5,7H2,(H,16,17). The maximum atomic E-state index is 13.2. The third-order valence-electron chi connectivity index (χ3n) is 2.80. The first-order valence-electron chi connectivity index (χ1n) is 5.63. The van der Waals surface area contributed by atoms with Crippen LogP contribution in [0.3, 0.4) is 0 Å². The van der Waals surface area contributed by atoms with E-state index in [9.17, 15) is 13.6 Å². The molecule has 0 radical (unpaired) electrons. The number of carbonyl (C=O) groups excluding carboxylic acids is 1. The van der Waals surface area contributed by atoms with E-state index in [2.05, 4.69) is 10.6 Å². The van der Waals surface area contributed by atoms with Crippen molar-refractivity contribution in [1.29, 1.82) is 0 Å². The summed E-state index contributed by atoms with van der Waals surface area (Å²) in [6, 6.07) is 3.14. The summed E-state index contributed by atoms with van der Waals surface area (Å²) >= 11 is 0. The number of benzene rings is 1. The van der Waals surface area contributed by atoms with Crippen molar-refractivity contribution in [1.82, 2.24) is 5.32 Å². The van der Waals surface area contributed by atoms with Crippen molar-refractivity contribution in [3.8, 4) is 0 Å². The monoisotopic (exact) mass is 240 g/mol. The van der Waals surface area contributed by atoms with Crippen LogP contribution in [0.5, 0.6) is 0 Å². The van der Waals surface area contributed by atoms with E-state index in [0.717, 1.165) is 37.6 Å². The molecule has 1 aliphatic rings. The molecule has 92 valence electrons. The summed E-state index contributed by atoms with van der Waals surface area (Å²) in [6.07, 6.45) is 2.28. The molecule has 1 saturated heterocycles. The summed E-state index contributed by atoms with van der Waals surface area (Å²) < 4.78 is 26.1. The van der Waals surface area contributed by atoms with E-state index < -0.39 is 11.6 Å². The summed E-state index contributed by atoms with van der Waals surface area (Å²) in [6.45, 7) is 0.909. The maximum absolute atomic E-state index is 13.2. The summed E-state index contributed by atoms with van der Waals surface area (Å²) in [4.78, 5) is 11.6. The average Bonchev–Trinajstić information content (AvgIpc) is 2.76. The zero-order valence-electron chi connectivity index (χ0n) is 9.30. The van der Waals surface area contributed by atoms with Gasteiger partial charge in [-0.05, 0) is 31.5 Å². The Balaban J connectivity index is 1.95. The van der Waals surface area contributed by atoms with Crippen LogP contribution >= 0.6 is 0 Å². The van der Waals surface area contributed by atoms with Gasteiger partial charge in [-0.15, -0.1) is 0 Å². The predicted molar refractivity (Wildman–Crippen MR) is 60.6 cm³/mol. The summed E-state index contributed by atoms with van der Waals surface area (Å²) in [5.41, 5.74) is -0.104. The van der Waals surface area contributed by atoms with Crippen molar-refractivity contribution in [3.05, 3.63) is 29.8 Å². The SMILES string of the molecule is O=C(CC1CCCN1)Nc1cc(F)ccc1F. The fraction of sp³-hybridized carbons (Fsp3) is 0.417. The Morgan fingerprint density at radius 2 is 2.29 bits per heavy atom. The fourth-order valence-electron chi connectivity index (χ4n) is 1.95. The molecule has 0 aromatic heterocycles. The van der Waals surface area contributed by atoms with Gasteiger partial charge in [0, 0.05) is 18.5 Å². The lowest BCUT2D eigenvalue weighted by atomic mass is 10.1. The molecule has 5 heteroatoms. The summed E-state index contributed by atoms with van der Waals surface area (Å²) in [5.74, 6) is -1.49. The van der Waals surface area contributed by atoms with Gasteiger partial charge in [-0.1, -0.05) is 0 Å².